The predicted octanol–water partition coefficient (Wildman–Crippen LogP) is 5.65. The zero-order chi connectivity index (χ0) is 29.3. The molecule has 1 saturated heterocycles. The van der Waals surface area contributed by atoms with Crippen molar-refractivity contribution in [3.63, 3.8) is 0 Å². The molecule has 208 valence electrons. The smallest absolute Gasteiger partial charge is 0.343 e. The number of hydrogen-bond donors (Lipinski definition) is 0. The lowest BCUT2D eigenvalue weighted by Gasteiger charge is -2.30. The van der Waals surface area contributed by atoms with Crippen LogP contribution in [0, 0.1) is 17.8 Å². The Morgan fingerprint density at radius 2 is 1.63 bits per heavy atom. The van der Waals surface area contributed by atoms with E-state index < -0.39 is 47.9 Å². The third kappa shape index (κ3) is 5.66. The lowest BCUT2D eigenvalue weighted by Crippen LogP contribution is -2.52. The maximum absolute atomic E-state index is 13.7. The molecule has 0 spiro atoms. The van der Waals surface area contributed by atoms with Gasteiger partial charge in [0.15, 0.2) is 5.78 Å². The van der Waals surface area contributed by atoms with Gasteiger partial charge in [-0.25, -0.2) is 9.80 Å². The van der Waals surface area contributed by atoms with Crippen LogP contribution >= 0.6 is 23.2 Å². The first-order chi connectivity index (χ1) is 19.7. The zero-order valence-electron chi connectivity index (χ0n) is 21.8. The number of carbonyl (C=O) groups is 5. The fourth-order valence-electron chi connectivity index (χ4n) is 5.08. The summed E-state index contributed by atoms with van der Waals surface area (Å²) in [6.45, 7) is 1.22. The van der Waals surface area contributed by atoms with Gasteiger partial charge < -0.3 is 4.74 Å². The van der Waals surface area contributed by atoms with Gasteiger partial charge in [-0.15, -0.1) is 0 Å². The minimum absolute atomic E-state index is 0.0103. The maximum atomic E-state index is 13.7. The van der Waals surface area contributed by atoms with Crippen LogP contribution in [0.5, 0.6) is 5.75 Å². The van der Waals surface area contributed by atoms with Crippen molar-refractivity contribution in [1.82, 2.24) is 10.0 Å². The van der Waals surface area contributed by atoms with Crippen LogP contribution in [-0.4, -0.2) is 46.0 Å². The molecule has 41 heavy (non-hydrogen) atoms. The number of fused-ring (bicyclic) bond motifs is 1. The molecule has 3 aromatic carbocycles. The summed E-state index contributed by atoms with van der Waals surface area (Å²) >= 11 is 12.3. The number of hydrazine groups is 1. The van der Waals surface area contributed by atoms with Crippen LogP contribution in [0.2, 0.25) is 10.0 Å². The average Bonchev–Trinajstić information content (AvgIpc) is 3.22. The normalized spacial score (nSPS) is 19.6. The molecule has 1 aliphatic heterocycles. The summed E-state index contributed by atoms with van der Waals surface area (Å²) < 4.78 is 5.37. The molecular weight excluding hydrogens is 567 g/mol. The summed E-state index contributed by atoms with van der Waals surface area (Å²) in [6, 6.07) is 18.4. The number of Topliss-reactive ketones (excluding diaryl/α,β-unsaturated/α-hetero) is 1. The number of nitrogens with zero attached hydrogens (tertiary/aromatic N) is 2. The van der Waals surface area contributed by atoms with E-state index in [1.54, 1.807) is 30.3 Å². The summed E-state index contributed by atoms with van der Waals surface area (Å²) in [4.78, 5) is 66.5. The van der Waals surface area contributed by atoms with Gasteiger partial charge in [-0.05, 0) is 66.9 Å². The van der Waals surface area contributed by atoms with Crippen LogP contribution < -0.4 is 4.74 Å². The third-order valence-corrected chi connectivity index (χ3v) is 7.72. The number of carbonyl (C=O) groups excluding carboxylic acids is 5. The molecule has 3 aromatic rings. The van der Waals surface area contributed by atoms with Crippen LogP contribution in [0.25, 0.3) is 0 Å². The van der Waals surface area contributed by atoms with Crippen LogP contribution in [0.3, 0.4) is 0 Å². The molecular formula is C31H24Cl2N2O6. The fraction of sp³-hybridized carbons (Fsp3) is 0.194. The van der Waals surface area contributed by atoms with Crippen molar-refractivity contribution in [2.24, 2.45) is 17.8 Å². The van der Waals surface area contributed by atoms with Crippen LogP contribution in [-0.2, 0) is 9.59 Å². The Bertz CT molecular complexity index is 1570. The minimum atomic E-state index is -0.797. The number of ether oxygens (including phenoxy) is 1. The quantitative estimate of drug-likeness (QED) is 0.116. The summed E-state index contributed by atoms with van der Waals surface area (Å²) in [5.74, 6) is -4.28. The number of esters is 1. The van der Waals surface area contributed by atoms with E-state index >= 15 is 0 Å². The van der Waals surface area contributed by atoms with Gasteiger partial charge in [-0.3, -0.25) is 19.2 Å². The highest BCUT2D eigenvalue weighted by atomic mass is 35.5. The van der Waals surface area contributed by atoms with E-state index in [2.05, 4.69) is 0 Å². The standard InChI is InChI=1S/C31H24Cl2N2O6/c1-18-6-5-9-24-27(18)30(39)35(29(24)38)34(28(37)23-15-12-21(32)16-25(23)33)17-26(36)19-10-13-22(14-11-19)41-31(40)20-7-3-2-4-8-20/h2-8,10-16,18,24,27H,9,17H2,1H3/t18-,24+,27-/m1/s1. The number of halogens is 2. The van der Waals surface area contributed by atoms with Crippen molar-refractivity contribution >= 4 is 52.7 Å². The molecule has 1 aliphatic carbocycles. The molecule has 5 rings (SSSR count). The van der Waals surface area contributed by atoms with Crippen molar-refractivity contribution in [1.29, 1.82) is 0 Å². The van der Waals surface area contributed by atoms with Crippen molar-refractivity contribution < 1.29 is 28.7 Å². The Hall–Kier alpha value is -4.27. The highest BCUT2D eigenvalue weighted by molar-refractivity contribution is 6.36. The summed E-state index contributed by atoms with van der Waals surface area (Å²) in [6.07, 6.45) is 4.08. The molecule has 0 bridgehead atoms. The molecule has 0 radical (unpaired) electrons. The second kappa shape index (κ2) is 11.7. The summed E-state index contributed by atoms with van der Waals surface area (Å²) in [5.41, 5.74) is 0.525. The molecule has 0 saturated carbocycles. The van der Waals surface area contributed by atoms with E-state index in [-0.39, 0.29) is 27.8 Å². The Balaban J connectivity index is 1.41. The first-order valence-corrected chi connectivity index (χ1v) is 13.6. The Kier molecular flexibility index (Phi) is 8.06. The van der Waals surface area contributed by atoms with Gasteiger partial charge in [0, 0.05) is 10.6 Å². The molecule has 0 N–H and O–H groups in total. The maximum Gasteiger partial charge on any atom is 0.343 e. The SMILES string of the molecule is C[C@@H]1C=CC[C@@H]2C(=O)N(N(CC(=O)c3ccc(OC(=O)c4ccccc4)cc3)C(=O)c3ccc(Cl)cc3Cl)C(=O)[C@H]12. The number of allylic oxidation sites excluding steroid dienone is 2. The Morgan fingerprint density at radius 3 is 2.29 bits per heavy atom. The van der Waals surface area contributed by atoms with Gasteiger partial charge in [0.05, 0.1) is 28.0 Å². The van der Waals surface area contributed by atoms with Crippen molar-refractivity contribution in [3.05, 3.63) is 112 Å². The molecule has 2 aliphatic rings. The van der Waals surface area contributed by atoms with Crippen molar-refractivity contribution in [2.45, 2.75) is 13.3 Å². The van der Waals surface area contributed by atoms with Gasteiger partial charge in [0.1, 0.15) is 12.3 Å². The summed E-state index contributed by atoms with van der Waals surface area (Å²) in [7, 11) is 0. The lowest BCUT2D eigenvalue weighted by molar-refractivity contribution is -0.154. The molecule has 0 aromatic heterocycles. The van der Waals surface area contributed by atoms with Gasteiger partial charge in [0.2, 0.25) is 0 Å². The fourth-order valence-corrected chi connectivity index (χ4v) is 5.57. The third-order valence-electron chi connectivity index (χ3n) is 7.18. The second-order valence-corrected chi connectivity index (χ2v) is 10.7. The molecule has 8 nitrogen and oxygen atoms in total. The molecule has 3 amide bonds. The largest absolute Gasteiger partial charge is 0.423 e. The number of amides is 3. The van der Waals surface area contributed by atoms with Gasteiger partial charge >= 0.3 is 5.97 Å². The van der Waals surface area contributed by atoms with E-state index in [0.717, 1.165) is 10.0 Å². The topological polar surface area (TPSA) is 101 Å². The van der Waals surface area contributed by atoms with E-state index in [1.807, 2.05) is 19.1 Å². The van der Waals surface area contributed by atoms with Crippen molar-refractivity contribution in [2.75, 3.05) is 6.54 Å². The summed E-state index contributed by atoms with van der Waals surface area (Å²) in [5, 5.41) is 1.95. The van der Waals surface area contributed by atoms with Gasteiger partial charge in [0.25, 0.3) is 17.7 Å². The first-order valence-electron chi connectivity index (χ1n) is 12.9. The van der Waals surface area contributed by atoms with E-state index in [0.29, 0.717) is 17.0 Å². The second-order valence-electron chi connectivity index (χ2n) is 9.83. The molecule has 10 heteroatoms. The predicted molar refractivity (Wildman–Crippen MR) is 151 cm³/mol. The van der Waals surface area contributed by atoms with Crippen molar-refractivity contribution in [3.8, 4) is 5.75 Å². The van der Waals surface area contributed by atoms with E-state index in [4.69, 9.17) is 27.9 Å². The highest BCUT2D eigenvalue weighted by Crippen LogP contribution is 2.39. The Labute approximate surface area is 246 Å². The Morgan fingerprint density at radius 1 is 0.927 bits per heavy atom. The van der Waals surface area contributed by atoms with Crippen LogP contribution in [0.15, 0.2) is 84.9 Å². The molecule has 0 unspecified atom stereocenters. The lowest BCUT2D eigenvalue weighted by atomic mass is 9.78. The first kappa shape index (κ1) is 28.3. The molecule has 1 heterocycles. The van der Waals surface area contributed by atoms with Gasteiger partial charge in [-0.1, -0.05) is 60.5 Å². The number of benzene rings is 3. The number of rotatable bonds is 7. The number of hydrogen-bond acceptors (Lipinski definition) is 6. The van der Waals surface area contributed by atoms with Gasteiger partial charge in [-0.2, -0.15) is 5.01 Å². The molecule has 1 fully saturated rings. The minimum Gasteiger partial charge on any atom is -0.423 e. The van der Waals surface area contributed by atoms with E-state index in [1.165, 1.54) is 42.5 Å². The monoisotopic (exact) mass is 590 g/mol. The average molecular weight is 591 g/mol. The van der Waals surface area contributed by atoms with Crippen LogP contribution in [0.1, 0.15) is 44.4 Å². The van der Waals surface area contributed by atoms with E-state index in [9.17, 15) is 24.0 Å². The highest BCUT2D eigenvalue weighted by Gasteiger charge is 2.53. The number of imide groups is 1. The molecule has 3 atom stereocenters. The number of ketones is 1. The van der Waals surface area contributed by atoms with Crippen LogP contribution in [0.4, 0.5) is 0 Å². The zero-order valence-corrected chi connectivity index (χ0v) is 23.3.